The van der Waals surface area contributed by atoms with Gasteiger partial charge in [-0.25, -0.2) is 9.78 Å². The fourth-order valence-electron chi connectivity index (χ4n) is 2.88. The van der Waals surface area contributed by atoms with Gasteiger partial charge in [0.15, 0.2) is 6.61 Å². The number of halogens is 1. The van der Waals surface area contributed by atoms with Crippen molar-refractivity contribution in [1.82, 2.24) is 10.1 Å². The van der Waals surface area contributed by atoms with E-state index in [9.17, 15) is 9.59 Å². The van der Waals surface area contributed by atoms with E-state index in [0.717, 1.165) is 10.4 Å². The number of pyridine rings is 1. The topological polar surface area (TPSA) is 94.3 Å². The average Bonchev–Trinajstić information content (AvgIpc) is 3.39. The molecule has 7 nitrogen and oxygen atoms in total. The van der Waals surface area contributed by atoms with E-state index in [4.69, 9.17) is 20.9 Å². The second-order valence-electron chi connectivity index (χ2n) is 6.57. The molecule has 1 N–H and O–H groups in total. The van der Waals surface area contributed by atoms with Gasteiger partial charge in [-0.05, 0) is 49.1 Å². The number of aromatic nitrogens is 2. The molecule has 30 heavy (non-hydrogen) atoms. The Labute approximate surface area is 180 Å². The van der Waals surface area contributed by atoms with Crippen molar-refractivity contribution >= 4 is 51.6 Å². The summed E-state index contributed by atoms with van der Waals surface area (Å²) in [6.45, 7) is 3.12. The molecule has 0 saturated carbocycles. The zero-order valence-electron chi connectivity index (χ0n) is 16.1. The Hall–Kier alpha value is -3.23. The molecule has 3 heterocycles. The Morgan fingerprint density at radius 2 is 2.07 bits per heavy atom. The van der Waals surface area contributed by atoms with E-state index < -0.39 is 18.5 Å². The van der Waals surface area contributed by atoms with Crippen molar-refractivity contribution in [1.29, 1.82) is 0 Å². The number of esters is 1. The molecule has 3 aromatic heterocycles. The number of rotatable bonds is 5. The Morgan fingerprint density at radius 3 is 2.80 bits per heavy atom. The summed E-state index contributed by atoms with van der Waals surface area (Å²) in [5, 5.41) is 9.45. The van der Waals surface area contributed by atoms with E-state index in [1.807, 2.05) is 24.4 Å². The molecule has 0 saturated heterocycles. The second-order valence-corrected chi connectivity index (χ2v) is 7.92. The van der Waals surface area contributed by atoms with E-state index >= 15 is 0 Å². The SMILES string of the molecule is Cc1ccc(NC(=O)COC(=O)c2cc(-c3cccs3)nc3onc(C)c23)cc1Cl. The van der Waals surface area contributed by atoms with Crippen LogP contribution in [0.25, 0.3) is 21.7 Å². The highest BCUT2D eigenvalue weighted by Crippen LogP contribution is 2.29. The molecule has 0 aliphatic heterocycles. The van der Waals surface area contributed by atoms with Crippen LogP contribution >= 0.6 is 22.9 Å². The fraction of sp³-hybridized carbons (Fsp3) is 0.143. The van der Waals surface area contributed by atoms with Gasteiger partial charge in [-0.3, -0.25) is 4.79 Å². The first kappa shape index (κ1) is 20.1. The largest absolute Gasteiger partial charge is 0.452 e. The molecule has 0 bridgehead atoms. The van der Waals surface area contributed by atoms with Gasteiger partial charge in [-0.15, -0.1) is 11.3 Å². The van der Waals surface area contributed by atoms with E-state index in [-0.39, 0.29) is 11.3 Å². The predicted molar refractivity (Wildman–Crippen MR) is 115 cm³/mol. The van der Waals surface area contributed by atoms with Gasteiger partial charge in [0, 0.05) is 10.7 Å². The lowest BCUT2D eigenvalue weighted by atomic mass is 10.1. The summed E-state index contributed by atoms with van der Waals surface area (Å²) in [5.41, 5.74) is 2.99. The third-order valence-corrected chi connectivity index (χ3v) is 5.70. The molecule has 0 atom stereocenters. The molecule has 0 unspecified atom stereocenters. The number of nitrogens with zero attached hydrogens (tertiary/aromatic N) is 2. The number of benzene rings is 1. The van der Waals surface area contributed by atoms with Gasteiger partial charge in [0.05, 0.1) is 27.2 Å². The quantitative estimate of drug-likeness (QED) is 0.437. The number of hydrogen-bond donors (Lipinski definition) is 1. The summed E-state index contributed by atoms with van der Waals surface area (Å²) in [4.78, 5) is 30.3. The van der Waals surface area contributed by atoms with Crippen LogP contribution in [0, 0.1) is 13.8 Å². The van der Waals surface area contributed by atoms with Crippen molar-refractivity contribution < 1.29 is 18.8 Å². The number of ether oxygens (including phenoxy) is 1. The van der Waals surface area contributed by atoms with E-state index in [1.54, 1.807) is 31.2 Å². The van der Waals surface area contributed by atoms with Gasteiger partial charge >= 0.3 is 5.97 Å². The highest BCUT2D eigenvalue weighted by atomic mass is 35.5. The molecular weight excluding hydrogens is 426 g/mol. The molecule has 0 aliphatic rings. The standard InChI is InChI=1S/C21H16ClN3O4S/c1-11-5-6-13(8-15(11)22)23-18(26)10-28-21(27)14-9-16(17-4-3-7-30-17)24-20-19(14)12(2)25-29-20/h3-9H,10H2,1-2H3,(H,23,26). The molecule has 1 aromatic carbocycles. The maximum atomic E-state index is 12.8. The number of thiophene rings is 1. The van der Waals surface area contributed by atoms with Crippen LogP contribution in [0.4, 0.5) is 5.69 Å². The minimum absolute atomic E-state index is 0.240. The van der Waals surface area contributed by atoms with Crippen molar-refractivity contribution in [3.05, 3.63) is 63.6 Å². The maximum absolute atomic E-state index is 12.8. The first-order valence-corrected chi connectivity index (χ1v) is 10.2. The van der Waals surface area contributed by atoms with Crippen LogP contribution in [-0.2, 0) is 9.53 Å². The normalized spacial score (nSPS) is 10.9. The molecule has 152 valence electrons. The Bertz CT molecular complexity index is 1250. The highest BCUT2D eigenvalue weighted by molar-refractivity contribution is 7.13. The number of amides is 1. The van der Waals surface area contributed by atoms with Gasteiger partial charge in [0.1, 0.15) is 0 Å². The summed E-state index contributed by atoms with van der Waals surface area (Å²) < 4.78 is 10.5. The predicted octanol–water partition coefficient (Wildman–Crippen LogP) is 5.02. The number of hydrogen-bond acceptors (Lipinski definition) is 7. The molecule has 9 heteroatoms. The zero-order valence-corrected chi connectivity index (χ0v) is 17.6. The molecule has 4 aromatic rings. The number of carbonyl (C=O) groups excluding carboxylic acids is 2. The molecule has 0 spiro atoms. The van der Waals surface area contributed by atoms with Crippen molar-refractivity contribution in [2.45, 2.75) is 13.8 Å². The third kappa shape index (κ3) is 4.05. The van der Waals surface area contributed by atoms with Crippen molar-refractivity contribution in [3.8, 4) is 10.6 Å². The summed E-state index contributed by atoms with van der Waals surface area (Å²) in [7, 11) is 0. The maximum Gasteiger partial charge on any atom is 0.339 e. The second kappa shape index (κ2) is 8.25. The minimum atomic E-state index is -0.663. The third-order valence-electron chi connectivity index (χ3n) is 4.40. The van der Waals surface area contributed by atoms with Gasteiger partial charge in [0.25, 0.3) is 11.6 Å². The number of fused-ring (bicyclic) bond motifs is 1. The van der Waals surface area contributed by atoms with Crippen molar-refractivity contribution in [3.63, 3.8) is 0 Å². The minimum Gasteiger partial charge on any atom is -0.452 e. The molecule has 1 amide bonds. The smallest absolute Gasteiger partial charge is 0.339 e. The van der Waals surface area contributed by atoms with Crippen LogP contribution in [0.1, 0.15) is 21.6 Å². The number of carbonyl (C=O) groups is 2. The van der Waals surface area contributed by atoms with E-state index in [2.05, 4.69) is 15.5 Å². The molecule has 0 aliphatic carbocycles. The Balaban J connectivity index is 1.53. The van der Waals surface area contributed by atoms with Gasteiger partial charge in [0.2, 0.25) is 0 Å². The van der Waals surface area contributed by atoms with Gasteiger partial charge < -0.3 is 14.6 Å². The molecule has 0 radical (unpaired) electrons. The lowest BCUT2D eigenvalue weighted by molar-refractivity contribution is -0.119. The van der Waals surface area contributed by atoms with Crippen molar-refractivity contribution in [2.24, 2.45) is 0 Å². The number of anilines is 1. The lowest BCUT2D eigenvalue weighted by Crippen LogP contribution is -2.21. The summed E-state index contributed by atoms with van der Waals surface area (Å²) in [6, 6.07) is 10.5. The lowest BCUT2D eigenvalue weighted by Gasteiger charge is -2.09. The number of aryl methyl sites for hydroxylation is 2. The molecular formula is C21H16ClN3O4S. The Kier molecular flexibility index (Phi) is 5.52. The summed E-state index contributed by atoms with van der Waals surface area (Å²) in [6.07, 6.45) is 0. The average molecular weight is 442 g/mol. The highest BCUT2D eigenvalue weighted by Gasteiger charge is 2.21. The van der Waals surface area contributed by atoms with Crippen LogP contribution in [0.3, 0.4) is 0 Å². The zero-order chi connectivity index (χ0) is 21.3. The van der Waals surface area contributed by atoms with Crippen molar-refractivity contribution in [2.75, 3.05) is 11.9 Å². The molecule has 4 rings (SSSR count). The Morgan fingerprint density at radius 1 is 1.23 bits per heavy atom. The summed E-state index contributed by atoms with van der Waals surface area (Å²) in [5.74, 6) is -1.14. The first-order valence-electron chi connectivity index (χ1n) is 8.96. The fourth-order valence-corrected chi connectivity index (χ4v) is 3.75. The van der Waals surface area contributed by atoms with Gasteiger partial charge in [-0.2, -0.15) is 0 Å². The summed E-state index contributed by atoms with van der Waals surface area (Å²) >= 11 is 7.55. The van der Waals surface area contributed by atoms with Crippen LogP contribution in [0.15, 0.2) is 46.3 Å². The van der Waals surface area contributed by atoms with Crippen LogP contribution in [0.5, 0.6) is 0 Å². The first-order chi connectivity index (χ1) is 14.4. The molecule has 0 fully saturated rings. The van der Waals surface area contributed by atoms with E-state index in [1.165, 1.54) is 11.3 Å². The number of nitrogens with one attached hydrogen (secondary N) is 1. The monoisotopic (exact) mass is 441 g/mol. The van der Waals surface area contributed by atoms with E-state index in [0.29, 0.717) is 27.5 Å². The van der Waals surface area contributed by atoms with Crippen LogP contribution < -0.4 is 5.32 Å². The van der Waals surface area contributed by atoms with Crippen LogP contribution in [0.2, 0.25) is 5.02 Å². The van der Waals surface area contributed by atoms with Crippen LogP contribution in [-0.4, -0.2) is 28.6 Å². The van der Waals surface area contributed by atoms with Gasteiger partial charge in [-0.1, -0.05) is 28.9 Å².